The van der Waals surface area contributed by atoms with E-state index in [0.717, 1.165) is 58.9 Å². The molecule has 0 aliphatic heterocycles. The molecule has 41 heavy (non-hydrogen) atoms. The molecule has 0 saturated heterocycles. The van der Waals surface area contributed by atoms with Crippen molar-refractivity contribution >= 4 is 67.6 Å². The SMILES string of the molecule is CCN(CC)CCC[C@@H](C)Nc1cc(/C=C/c2ccccc2Cl)nc2cc(Cl)ccc12.O=P(O)(O)O.O=P(O)(O)O. The van der Waals surface area contributed by atoms with Gasteiger partial charge in [-0.15, -0.1) is 0 Å². The fraction of sp³-hybridized carbons (Fsp3) is 0.346. The molecule has 0 saturated carbocycles. The average molecular weight is 652 g/mol. The van der Waals surface area contributed by atoms with Gasteiger partial charge in [0, 0.05) is 27.2 Å². The Kier molecular flexibility index (Phi) is 16.3. The molecule has 1 atom stereocenters. The molecule has 0 spiro atoms. The summed E-state index contributed by atoms with van der Waals surface area (Å²) in [4.78, 5) is 50.4. The molecule has 15 heteroatoms. The third-order valence-electron chi connectivity index (χ3n) is 5.54. The Morgan fingerprint density at radius 1 is 0.927 bits per heavy atom. The molecule has 0 bridgehead atoms. The van der Waals surface area contributed by atoms with Crippen LogP contribution in [0, 0.1) is 0 Å². The number of nitrogens with zero attached hydrogens (tertiary/aromatic N) is 2. The topological polar surface area (TPSA) is 184 Å². The van der Waals surface area contributed by atoms with Crippen molar-refractivity contribution in [2.24, 2.45) is 0 Å². The van der Waals surface area contributed by atoms with Gasteiger partial charge in [-0.25, -0.2) is 14.1 Å². The van der Waals surface area contributed by atoms with Crippen molar-refractivity contribution < 1.29 is 38.5 Å². The van der Waals surface area contributed by atoms with E-state index in [4.69, 9.17) is 66.7 Å². The first kappa shape index (κ1) is 37.2. The van der Waals surface area contributed by atoms with Gasteiger partial charge >= 0.3 is 15.6 Å². The highest BCUT2D eigenvalue weighted by Crippen LogP contribution is 2.28. The van der Waals surface area contributed by atoms with Crippen LogP contribution in [0.25, 0.3) is 23.1 Å². The Bertz CT molecular complexity index is 1330. The lowest BCUT2D eigenvalue weighted by Gasteiger charge is -2.21. The third kappa shape index (κ3) is 17.6. The standard InChI is InChI=1S/C26H31Cl2N3.2H3O4P/c1-4-31(5-2)16-8-9-19(3)29-26-18-22(14-12-20-10-6-7-11-24(20)28)30-25-17-21(27)13-15-23(25)26;2*1-5(2,3)4/h6-7,10-15,17-19H,4-5,8-9,16H2,1-3H3,(H,29,30);2*(H3,1,2,3,4)/b14-12+;;/t19-;;/m1../s1. The second-order valence-corrected chi connectivity index (χ2v) is 11.7. The number of rotatable bonds is 10. The maximum atomic E-state index is 8.88. The van der Waals surface area contributed by atoms with E-state index in [-0.39, 0.29) is 0 Å². The summed E-state index contributed by atoms with van der Waals surface area (Å²) in [5.41, 5.74) is 3.80. The minimum atomic E-state index is -4.64. The lowest BCUT2D eigenvalue weighted by molar-refractivity contribution is 0.272. The first-order valence-corrected chi connectivity index (χ1v) is 16.5. The van der Waals surface area contributed by atoms with Crippen LogP contribution in [0.1, 0.15) is 44.9 Å². The van der Waals surface area contributed by atoms with Gasteiger partial charge in [0.2, 0.25) is 0 Å². The lowest BCUT2D eigenvalue weighted by atomic mass is 10.1. The first-order valence-electron chi connectivity index (χ1n) is 12.6. The van der Waals surface area contributed by atoms with Crippen molar-refractivity contribution in [2.75, 3.05) is 25.0 Å². The average Bonchev–Trinajstić information content (AvgIpc) is 2.84. The van der Waals surface area contributed by atoms with Crippen molar-refractivity contribution in [3.8, 4) is 0 Å². The number of anilines is 1. The van der Waals surface area contributed by atoms with E-state index >= 15 is 0 Å². The van der Waals surface area contributed by atoms with Crippen LogP contribution in [-0.2, 0) is 9.13 Å². The monoisotopic (exact) mass is 651 g/mol. The van der Waals surface area contributed by atoms with Crippen molar-refractivity contribution in [3.05, 3.63) is 69.8 Å². The zero-order valence-corrected chi connectivity index (χ0v) is 26.2. The molecule has 0 aliphatic rings. The molecule has 1 aromatic heterocycles. The maximum absolute atomic E-state index is 8.88. The summed E-state index contributed by atoms with van der Waals surface area (Å²) in [5.74, 6) is 0. The van der Waals surface area contributed by atoms with Crippen molar-refractivity contribution in [2.45, 2.75) is 39.7 Å². The Hall–Kier alpha value is -1.85. The van der Waals surface area contributed by atoms with Crippen LogP contribution in [0.3, 0.4) is 0 Å². The lowest BCUT2D eigenvalue weighted by Crippen LogP contribution is -2.25. The molecule has 11 nitrogen and oxygen atoms in total. The number of halogens is 2. The number of phosphoric acid groups is 2. The van der Waals surface area contributed by atoms with E-state index < -0.39 is 15.6 Å². The normalized spacial score (nSPS) is 12.5. The van der Waals surface area contributed by atoms with Crippen LogP contribution in [-0.4, -0.2) is 64.9 Å². The minimum Gasteiger partial charge on any atom is -0.382 e. The van der Waals surface area contributed by atoms with Gasteiger partial charge < -0.3 is 39.6 Å². The van der Waals surface area contributed by atoms with E-state index in [0.29, 0.717) is 11.1 Å². The van der Waals surface area contributed by atoms with Crippen molar-refractivity contribution in [1.29, 1.82) is 0 Å². The van der Waals surface area contributed by atoms with Gasteiger partial charge in [-0.3, -0.25) is 0 Å². The first-order chi connectivity index (χ1) is 19.0. The molecule has 0 aliphatic carbocycles. The van der Waals surface area contributed by atoms with Crippen LogP contribution in [0.2, 0.25) is 10.0 Å². The summed E-state index contributed by atoms with van der Waals surface area (Å²) < 4.78 is 17.8. The molecule has 0 amide bonds. The highest BCUT2D eigenvalue weighted by atomic mass is 35.5. The Labute approximate surface area is 250 Å². The highest BCUT2D eigenvalue weighted by molar-refractivity contribution is 7.45. The summed E-state index contributed by atoms with van der Waals surface area (Å²) in [6.07, 6.45) is 6.28. The summed E-state index contributed by atoms with van der Waals surface area (Å²) in [7, 11) is -9.28. The predicted octanol–water partition coefficient (Wildman–Crippen LogP) is 5.78. The number of aromatic nitrogens is 1. The van der Waals surface area contributed by atoms with E-state index in [9.17, 15) is 0 Å². The van der Waals surface area contributed by atoms with Crippen LogP contribution >= 0.6 is 38.8 Å². The number of hydrogen-bond donors (Lipinski definition) is 7. The molecule has 2 aromatic carbocycles. The van der Waals surface area contributed by atoms with Crippen molar-refractivity contribution in [1.82, 2.24) is 9.88 Å². The molecular weight excluding hydrogens is 615 g/mol. The van der Waals surface area contributed by atoms with E-state index in [2.05, 4.69) is 37.1 Å². The number of pyridine rings is 1. The fourth-order valence-corrected chi connectivity index (χ4v) is 4.08. The molecule has 7 N–H and O–H groups in total. The second-order valence-electron chi connectivity index (χ2n) is 8.85. The zero-order chi connectivity index (χ0) is 31.2. The molecule has 0 unspecified atom stereocenters. The number of benzene rings is 2. The molecule has 3 rings (SSSR count). The van der Waals surface area contributed by atoms with Crippen LogP contribution < -0.4 is 5.32 Å². The summed E-state index contributed by atoms with van der Waals surface area (Å²) >= 11 is 12.5. The quantitative estimate of drug-likeness (QED) is 0.132. The molecule has 1 heterocycles. The smallest absolute Gasteiger partial charge is 0.382 e. The van der Waals surface area contributed by atoms with Gasteiger partial charge in [-0.1, -0.05) is 61.3 Å². The van der Waals surface area contributed by atoms with Gasteiger partial charge in [-0.2, -0.15) is 0 Å². The molecule has 228 valence electrons. The second kappa shape index (κ2) is 18.0. The van der Waals surface area contributed by atoms with Gasteiger partial charge in [0.05, 0.1) is 11.2 Å². The zero-order valence-electron chi connectivity index (χ0n) is 22.9. The van der Waals surface area contributed by atoms with Crippen LogP contribution in [0.4, 0.5) is 5.69 Å². The predicted molar refractivity (Wildman–Crippen MR) is 166 cm³/mol. The molecule has 0 radical (unpaired) electrons. The van der Waals surface area contributed by atoms with E-state index in [1.165, 1.54) is 6.42 Å². The van der Waals surface area contributed by atoms with Gasteiger partial charge in [0.1, 0.15) is 0 Å². The number of hydrogen-bond acceptors (Lipinski definition) is 5. The number of fused-ring (bicyclic) bond motifs is 1. The third-order valence-corrected chi connectivity index (χ3v) is 6.12. The minimum absolute atomic E-state index is 0.359. The summed E-state index contributed by atoms with van der Waals surface area (Å²) in [6, 6.07) is 16.1. The molecule has 0 fully saturated rings. The van der Waals surface area contributed by atoms with Crippen molar-refractivity contribution in [3.63, 3.8) is 0 Å². The van der Waals surface area contributed by atoms with Gasteiger partial charge in [0.25, 0.3) is 0 Å². The molecule has 3 aromatic rings. The Morgan fingerprint density at radius 2 is 1.51 bits per heavy atom. The molecular formula is C26H37Cl2N3O8P2. The summed E-state index contributed by atoms with van der Waals surface area (Å²) in [6.45, 7) is 10.0. The van der Waals surface area contributed by atoms with Gasteiger partial charge in [0.15, 0.2) is 0 Å². The van der Waals surface area contributed by atoms with Crippen LogP contribution in [0.15, 0.2) is 48.5 Å². The largest absolute Gasteiger partial charge is 0.466 e. The Balaban J connectivity index is 0.000000722. The Morgan fingerprint density at radius 3 is 2.07 bits per heavy atom. The maximum Gasteiger partial charge on any atom is 0.466 e. The summed E-state index contributed by atoms with van der Waals surface area (Å²) in [5, 5.41) is 6.19. The highest BCUT2D eigenvalue weighted by Gasteiger charge is 2.10. The number of nitrogens with one attached hydrogen (secondary N) is 1. The van der Waals surface area contributed by atoms with E-state index in [1.807, 2.05) is 54.6 Å². The van der Waals surface area contributed by atoms with Crippen LogP contribution in [0.5, 0.6) is 0 Å². The van der Waals surface area contributed by atoms with E-state index in [1.54, 1.807) is 0 Å². The fourth-order valence-electron chi connectivity index (χ4n) is 3.71. The van der Waals surface area contributed by atoms with Gasteiger partial charge in [-0.05, 0) is 81.4 Å².